The van der Waals surface area contributed by atoms with Gasteiger partial charge in [-0.2, -0.15) is 9.97 Å². The normalized spacial score (nSPS) is 12.1. The quantitative estimate of drug-likeness (QED) is 0.509. The third-order valence-electron chi connectivity index (χ3n) is 2.21. The van der Waals surface area contributed by atoms with E-state index in [1.54, 1.807) is 6.92 Å². The zero-order chi connectivity index (χ0) is 13.7. The summed E-state index contributed by atoms with van der Waals surface area (Å²) in [5, 5.41) is 28.3. The van der Waals surface area contributed by atoms with Crippen LogP contribution in [0.2, 0.25) is 0 Å². The first-order valence-corrected chi connectivity index (χ1v) is 5.34. The zero-order valence-corrected chi connectivity index (χ0v) is 9.83. The third-order valence-corrected chi connectivity index (χ3v) is 2.21. The first-order valence-electron chi connectivity index (χ1n) is 5.34. The van der Waals surface area contributed by atoms with E-state index in [0.717, 1.165) is 0 Å². The van der Waals surface area contributed by atoms with Crippen molar-refractivity contribution in [3.63, 3.8) is 0 Å². The molecule has 8 heteroatoms. The Labute approximate surface area is 103 Å². The van der Waals surface area contributed by atoms with Crippen molar-refractivity contribution in [1.82, 2.24) is 9.97 Å². The van der Waals surface area contributed by atoms with Crippen molar-refractivity contribution < 1.29 is 24.9 Å². The van der Waals surface area contributed by atoms with Crippen LogP contribution >= 0.6 is 0 Å². The number of aliphatic hydroxyl groups excluding tert-OH is 1. The Balaban J connectivity index is 2.66. The molecule has 100 valence electrons. The molecular formula is C10H15N3O5. The van der Waals surface area contributed by atoms with E-state index in [1.807, 2.05) is 0 Å². The van der Waals surface area contributed by atoms with Crippen LogP contribution in [0.4, 0.5) is 5.95 Å². The largest absolute Gasteiger partial charge is 0.493 e. The molecule has 1 atom stereocenters. The fourth-order valence-corrected chi connectivity index (χ4v) is 1.34. The first-order chi connectivity index (χ1) is 8.45. The van der Waals surface area contributed by atoms with Crippen LogP contribution in [0.1, 0.15) is 18.9 Å². The molecule has 0 spiro atoms. The number of ether oxygens (including phenoxy) is 1. The Bertz CT molecular complexity index is 415. The van der Waals surface area contributed by atoms with Crippen LogP contribution in [0.3, 0.4) is 0 Å². The van der Waals surface area contributed by atoms with Gasteiger partial charge in [0.2, 0.25) is 17.7 Å². The molecule has 5 N–H and O–H groups in total. The van der Waals surface area contributed by atoms with Crippen LogP contribution < -0.4 is 5.73 Å². The summed E-state index contributed by atoms with van der Waals surface area (Å²) in [7, 11) is 0. The molecule has 0 aliphatic heterocycles. The minimum atomic E-state index is -1.33. The highest BCUT2D eigenvalue weighted by Crippen LogP contribution is 2.25. The molecule has 8 nitrogen and oxygen atoms in total. The topological polar surface area (TPSA) is 139 Å². The highest BCUT2D eigenvalue weighted by atomic mass is 16.5. The van der Waals surface area contributed by atoms with E-state index < -0.39 is 23.8 Å². The molecule has 0 saturated heterocycles. The molecule has 1 aromatic heterocycles. The Morgan fingerprint density at radius 2 is 1.94 bits per heavy atom. The maximum atomic E-state index is 11.1. The second-order valence-electron chi connectivity index (χ2n) is 3.51. The Hall–Kier alpha value is -2.09. The summed E-state index contributed by atoms with van der Waals surface area (Å²) in [5.74, 6) is -1.97. The fraction of sp³-hybridized carbons (Fsp3) is 0.500. The molecule has 1 rings (SSSR count). The third kappa shape index (κ3) is 3.45. The molecule has 0 fully saturated rings. The molecule has 0 saturated carbocycles. The molecule has 0 bridgehead atoms. The number of nitrogen functional groups attached to an aromatic ring is 1. The van der Waals surface area contributed by atoms with Gasteiger partial charge in [0.1, 0.15) is 0 Å². The summed E-state index contributed by atoms with van der Waals surface area (Å²) in [4.78, 5) is 18.1. The van der Waals surface area contributed by atoms with Crippen molar-refractivity contribution >= 4 is 11.9 Å². The molecule has 0 aliphatic carbocycles. The van der Waals surface area contributed by atoms with Crippen molar-refractivity contribution in [2.45, 2.75) is 25.9 Å². The highest BCUT2D eigenvalue weighted by Gasteiger charge is 2.19. The van der Waals surface area contributed by atoms with Gasteiger partial charge in [-0.25, -0.2) is 4.79 Å². The van der Waals surface area contributed by atoms with Crippen molar-refractivity contribution in [3.8, 4) is 11.8 Å². The number of aromatic nitrogens is 2. The maximum Gasteiger partial charge on any atom is 0.334 e. The van der Waals surface area contributed by atoms with Gasteiger partial charge in [-0.1, -0.05) is 0 Å². The monoisotopic (exact) mass is 257 g/mol. The molecule has 0 unspecified atom stereocenters. The fourth-order valence-electron chi connectivity index (χ4n) is 1.34. The number of carbonyl (C=O) groups excluding carboxylic acids is 1. The van der Waals surface area contributed by atoms with Crippen molar-refractivity contribution in [2.75, 3.05) is 12.3 Å². The average molecular weight is 257 g/mol. The number of hydrogen-bond acceptors (Lipinski definition) is 8. The predicted molar refractivity (Wildman–Crippen MR) is 60.7 cm³/mol. The summed E-state index contributed by atoms with van der Waals surface area (Å²) in [5.41, 5.74) is 5.23. The van der Waals surface area contributed by atoms with Crippen molar-refractivity contribution in [1.29, 1.82) is 0 Å². The summed E-state index contributed by atoms with van der Waals surface area (Å²) in [6.45, 7) is 1.79. The van der Waals surface area contributed by atoms with Crippen molar-refractivity contribution in [2.24, 2.45) is 0 Å². The van der Waals surface area contributed by atoms with E-state index >= 15 is 0 Å². The predicted octanol–water partition coefficient (Wildman–Crippen LogP) is -0.673. The van der Waals surface area contributed by atoms with Gasteiger partial charge in [-0.05, 0) is 19.8 Å². The van der Waals surface area contributed by atoms with Gasteiger partial charge in [0, 0.05) is 0 Å². The lowest BCUT2D eigenvalue weighted by Crippen LogP contribution is -2.23. The molecule has 0 aliphatic rings. The van der Waals surface area contributed by atoms with Gasteiger partial charge in [-0.15, -0.1) is 0 Å². The zero-order valence-electron chi connectivity index (χ0n) is 9.83. The van der Waals surface area contributed by atoms with E-state index in [4.69, 9.17) is 5.73 Å². The Morgan fingerprint density at radius 3 is 2.44 bits per heavy atom. The lowest BCUT2D eigenvalue weighted by atomic mass is 10.1. The maximum absolute atomic E-state index is 11.1. The lowest BCUT2D eigenvalue weighted by Gasteiger charge is -2.10. The van der Waals surface area contributed by atoms with E-state index in [1.165, 1.54) is 0 Å². The van der Waals surface area contributed by atoms with Crippen LogP contribution in [0, 0.1) is 0 Å². The molecular weight excluding hydrogens is 242 g/mol. The van der Waals surface area contributed by atoms with E-state index in [9.17, 15) is 20.1 Å². The number of anilines is 1. The van der Waals surface area contributed by atoms with Crippen LogP contribution in [-0.4, -0.2) is 44.0 Å². The number of aromatic hydroxyl groups is 2. The van der Waals surface area contributed by atoms with Gasteiger partial charge >= 0.3 is 5.97 Å². The molecule has 1 heterocycles. The first kappa shape index (κ1) is 14.0. The molecule has 0 aromatic carbocycles. The number of nitrogens with zero attached hydrogens (tertiary/aromatic N) is 2. The van der Waals surface area contributed by atoms with E-state index in [-0.39, 0.29) is 31.0 Å². The summed E-state index contributed by atoms with van der Waals surface area (Å²) >= 11 is 0. The van der Waals surface area contributed by atoms with Crippen LogP contribution in [-0.2, 0) is 16.0 Å². The number of aliphatic hydroxyl groups is 1. The summed E-state index contributed by atoms with van der Waals surface area (Å²) in [6.07, 6.45) is -1.35. The van der Waals surface area contributed by atoms with Gasteiger partial charge in [0.25, 0.3) is 0 Å². The Morgan fingerprint density at radius 1 is 1.39 bits per heavy atom. The van der Waals surface area contributed by atoms with Crippen LogP contribution in [0.25, 0.3) is 0 Å². The van der Waals surface area contributed by atoms with Gasteiger partial charge in [0.05, 0.1) is 12.2 Å². The molecule has 18 heavy (non-hydrogen) atoms. The van der Waals surface area contributed by atoms with Gasteiger partial charge in [-0.3, -0.25) is 0 Å². The minimum absolute atomic E-state index is 0.0118. The molecule has 1 aromatic rings. The highest BCUT2D eigenvalue weighted by molar-refractivity contribution is 5.74. The standard InChI is InChI=1S/C10H15N3O5/c1-2-18-9(17)6(14)4-3-5-7(15)12-10(11)13-8(5)16/h6,14H,2-4H2,1H3,(H4,11,12,13,15,16)/t6-/m0/s1. The van der Waals surface area contributed by atoms with Crippen molar-refractivity contribution in [3.05, 3.63) is 5.56 Å². The second-order valence-corrected chi connectivity index (χ2v) is 3.51. The number of rotatable bonds is 5. The summed E-state index contributed by atoms with van der Waals surface area (Å²) in [6, 6.07) is 0. The minimum Gasteiger partial charge on any atom is -0.493 e. The second kappa shape index (κ2) is 6.01. The van der Waals surface area contributed by atoms with Crippen LogP contribution in [0.15, 0.2) is 0 Å². The van der Waals surface area contributed by atoms with Gasteiger partial charge < -0.3 is 25.8 Å². The molecule has 0 amide bonds. The number of esters is 1. The molecule has 0 radical (unpaired) electrons. The number of hydrogen-bond donors (Lipinski definition) is 4. The van der Waals surface area contributed by atoms with E-state index in [2.05, 4.69) is 14.7 Å². The van der Waals surface area contributed by atoms with Gasteiger partial charge in [0.15, 0.2) is 6.10 Å². The van der Waals surface area contributed by atoms with E-state index in [0.29, 0.717) is 0 Å². The Kier molecular flexibility index (Phi) is 4.67. The summed E-state index contributed by atoms with van der Waals surface area (Å²) < 4.78 is 4.61. The SMILES string of the molecule is CCOC(=O)[C@@H](O)CCc1c(O)nc(N)nc1O. The lowest BCUT2D eigenvalue weighted by molar-refractivity contribution is -0.153. The van der Waals surface area contributed by atoms with Crippen LogP contribution in [0.5, 0.6) is 11.8 Å². The average Bonchev–Trinajstić information content (AvgIpc) is 2.27. The number of carbonyl (C=O) groups is 1. The number of nitrogens with two attached hydrogens (primary N) is 1. The smallest absolute Gasteiger partial charge is 0.334 e.